The van der Waals surface area contributed by atoms with Crippen LogP contribution in [0.3, 0.4) is 0 Å². The molecule has 6 nitrogen and oxygen atoms in total. The number of amides is 3. The van der Waals surface area contributed by atoms with Crippen molar-refractivity contribution in [3.63, 3.8) is 0 Å². The molecule has 6 heteroatoms. The number of hydrogen-bond acceptors (Lipinski definition) is 4. The molecular weight excluding hydrogens is 392 g/mol. The number of imide groups is 1. The summed E-state index contributed by atoms with van der Waals surface area (Å²) in [5, 5.41) is 5.46. The number of hydrogen-bond donors (Lipinski definition) is 1. The maximum atomic E-state index is 13.5. The zero-order valence-electron chi connectivity index (χ0n) is 17.1. The van der Waals surface area contributed by atoms with Crippen molar-refractivity contribution in [2.75, 3.05) is 0 Å². The van der Waals surface area contributed by atoms with Gasteiger partial charge in [0.15, 0.2) is 0 Å². The Bertz CT molecular complexity index is 1430. The first kappa shape index (κ1) is 19.1. The van der Waals surface area contributed by atoms with E-state index in [4.69, 9.17) is 4.42 Å². The fourth-order valence-corrected chi connectivity index (χ4v) is 4.32. The Balaban J connectivity index is 1.57. The van der Waals surface area contributed by atoms with Crippen LogP contribution in [-0.4, -0.2) is 16.8 Å². The number of benzene rings is 3. The summed E-state index contributed by atoms with van der Waals surface area (Å²) in [6.45, 7) is 3.60. The smallest absolute Gasteiger partial charge is 0.336 e. The van der Waals surface area contributed by atoms with Gasteiger partial charge in [-0.2, -0.15) is 0 Å². The van der Waals surface area contributed by atoms with Crippen molar-refractivity contribution in [1.82, 2.24) is 10.2 Å². The van der Waals surface area contributed by atoms with Gasteiger partial charge in [-0.3, -0.25) is 9.69 Å². The largest absolute Gasteiger partial charge is 0.423 e. The first-order valence-electron chi connectivity index (χ1n) is 10.0. The van der Waals surface area contributed by atoms with Crippen molar-refractivity contribution in [2.45, 2.75) is 25.9 Å². The second-order valence-corrected chi connectivity index (χ2v) is 8.06. The Kier molecular flexibility index (Phi) is 4.18. The van der Waals surface area contributed by atoms with Gasteiger partial charge in [-0.15, -0.1) is 0 Å². The predicted octanol–water partition coefficient (Wildman–Crippen LogP) is 4.22. The Morgan fingerprint density at radius 1 is 0.935 bits per heavy atom. The maximum Gasteiger partial charge on any atom is 0.336 e. The Hall–Kier alpha value is -3.93. The number of aryl methyl sites for hydroxylation is 1. The van der Waals surface area contributed by atoms with E-state index in [0.717, 1.165) is 26.8 Å². The summed E-state index contributed by atoms with van der Waals surface area (Å²) in [5.41, 5.74) is 0.968. The minimum atomic E-state index is -1.20. The van der Waals surface area contributed by atoms with Crippen molar-refractivity contribution in [2.24, 2.45) is 0 Å². The monoisotopic (exact) mass is 412 g/mol. The quantitative estimate of drug-likeness (QED) is 0.404. The van der Waals surface area contributed by atoms with Gasteiger partial charge < -0.3 is 9.73 Å². The highest BCUT2D eigenvalue weighted by Gasteiger charge is 2.49. The van der Waals surface area contributed by atoms with E-state index >= 15 is 0 Å². The molecule has 0 aliphatic carbocycles. The molecule has 0 saturated carbocycles. The highest BCUT2D eigenvalue weighted by molar-refractivity contribution is 6.09. The molecule has 3 amide bonds. The molecule has 0 radical (unpaired) electrons. The number of nitrogens with zero attached hydrogens (tertiary/aromatic N) is 1. The molecular formula is C25H20N2O4. The van der Waals surface area contributed by atoms with Crippen molar-refractivity contribution < 1.29 is 14.0 Å². The van der Waals surface area contributed by atoms with Crippen molar-refractivity contribution in [3.05, 3.63) is 93.8 Å². The molecule has 3 aromatic carbocycles. The van der Waals surface area contributed by atoms with Crippen LogP contribution in [0.15, 0.2) is 75.9 Å². The first-order chi connectivity index (χ1) is 14.9. The lowest BCUT2D eigenvalue weighted by Gasteiger charge is -2.24. The third-order valence-corrected chi connectivity index (χ3v) is 5.92. The number of carbonyl (C=O) groups excluding carboxylic acids is 2. The number of fused-ring (bicyclic) bond motifs is 2. The van der Waals surface area contributed by atoms with Crippen LogP contribution < -0.4 is 10.9 Å². The molecule has 31 heavy (non-hydrogen) atoms. The van der Waals surface area contributed by atoms with Gasteiger partial charge in [0.1, 0.15) is 11.1 Å². The number of urea groups is 1. The summed E-state index contributed by atoms with van der Waals surface area (Å²) in [7, 11) is 0. The molecule has 1 aliphatic rings. The maximum absolute atomic E-state index is 13.5. The normalized spacial score (nSPS) is 18.7. The van der Waals surface area contributed by atoms with Crippen molar-refractivity contribution in [1.29, 1.82) is 0 Å². The molecule has 1 N–H and O–H groups in total. The van der Waals surface area contributed by atoms with Gasteiger partial charge in [-0.1, -0.05) is 54.6 Å². The second kappa shape index (κ2) is 6.80. The number of carbonyl (C=O) groups is 2. The van der Waals surface area contributed by atoms with Gasteiger partial charge in [0.25, 0.3) is 5.91 Å². The molecule has 0 bridgehead atoms. The standard InChI is InChI=1S/C25H20N2O4/c1-15-10-11-19-17(13-22(28)31-21(19)12-15)14-27-23(29)25(2,26-24(27)30)20-9-5-7-16-6-3-4-8-18(16)20/h3-13H,14H2,1-2H3,(H,26,30). The van der Waals surface area contributed by atoms with Crippen LogP contribution in [0.1, 0.15) is 23.6 Å². The SMILES string of the molecule is Cc1ccc2c(CN3C(=O)NC(C)(c4cccc5ccccc45)C3=O)cc(=O)oc2c1. The van der Waals surface area contributed by atoms with Gasteiger partial charge in [0, 0.05) is 11.5 Å². The third kappa shape index (κ3) is 2.99. The van der Waals surface area contributed by atoms with E-state index < -0.39 is 17.2 Å². The Morgan fingerprint density at radius 2 is 1.71 bits per heavy atom. The molecule has 0 spiro atoms. The van der Waals surface area contributed by atoms with E-state index in [9.17, 15) is 14.4 Å². The van der Waals surface area contributed by atoms with E-state index in [0.29, 0.717) is 16.5 Å². The second-order valence-electron chi connectivity index (χ2n) is 8.06. The molecule has 1 fully saturated rings. The summed E-state index contributed by atoms with van der Waals surface area (Å²) in [6, 6.07) is 19.8. The van der Waals surface area contributed by atoms with Crippen LogP contribution in [0, 0.1) is 6.92 Å². The predicted molar refractivity (Wildman–Crippen MR) is 118 cm³/mol. The van der Waals surface area contributed by atoms with Crippen molar-refractivity contribution in [3.8, 4) is 0 Å². The average Bonchev–Trinajstić information content (AvgIpc) is 2.96. The summed E-state index contributed by atoms with van der Waals surface area (Å²) < 4.78 is 5.30. The van der Waals surface area contributed by atoms with Crippen LogP contribution in [0.25, 0.3) is 21.7 Å². The topological polar surface area (TPSA) is 79.6 Å². The Labute approximate surface area is 178 Å². The molecule has 1 unspecified atom stereocenters. The summed E-state index contributed by atoms with van der Waals surface area (Å²) >= 11 is 0. The minimum Gasteiger partial charge on any atom is -0.423 e. The highest BCUT2D eigenvalue weighted by atomic mass is 16.4. The lowest BCUT2D eigenvalue weighted by atomic mass is 9.87. The molecule has 1 saturated heterocycles. The number of rotatable bonds is 3. The van der Waals surface area contributed by atoms with Crippen LogP contribution in [0.5, 0.6) is 0 Å². The fourth-order valence-electron chi connectivity index (χ4n) is 4.32. The highest BCUT2D eigenvalue weighted by Crippen LogP contribution is 2.34. The van der Waals surface area contributed by atoms with Crippen LogP contribution in [-0.2, 0) is 16.9 Å². The van der Waals surface area contributed by atoms with Crippen LogP contribution >= 0.6 is 0 Å². The summed E-state index contributed by atoms with van der Waals surface area (Å²) in [5.74, 6) is -0.359. The van der Waals surface area contributed by atoms with Crippen molar-refractivity contribution >= 4 is 33.7 Å². The lowest BCUT2D eigenvalue weighted by Crippen LogP contribution is -2.41. The molecule has 4 aromatic rings. The minimum absolute atomic E-state index is 0.0177. The van der Waals surface area contributed by atoms with Gasteiger partial charge >= 0.3 is 11.7 Å². The third-order valence-electron chi connectivity index (χ3n) is 5.92. The zero-order chi connectivity index (χ0) is 21.8. The molecule has 2 heterocycles. The molecule has 1 atom stereocenters. The Morgan fingerprint density at radius 3 is 2.55 bits per heavy atom. The first-order valence-corrected chi connectivity index (χ1v) is 10.0. The van der Waals surface area contributed by atoms with E-state index in [1.54, 1.807) is 13.0 Å². The van der Waals surface area contributed by atoms with Gasteiger partial charge in [-0.25, -0.2) is 9.59 Å². The lowest BCUT2D eigenvalue weighted by molar-refractivity contribution is -0.131. The number of nitrogens with one attached hydrogen (secondary N) is 1. The summed E-state index contributed by atoms with van der Waals surface area (Å²) in [6.07, 6.45) is 0. The molecule has 1 aliphatic heterocycles. The van der Waals surface area contributed by atoms with E-state index in [2.05, 4.69) is 5.32 Å². The van der Waals surface area contributed by atoms with Gasteiger partial charge in [0.05, 0.1) is 6.54 Å². The van der Waals surface area contributed by atoms with Gasteiger partial charge in [0.2, 0.25) is 0 Å². The zero-order valence-corrected chi connectivity index (χ0v) is 17.1. The van der Waals surface area contributed by atoms with Crippen LogP contribution in [0.4, 0.5) is 4.79 Å². The van der Waals surface area contributed by atoms with E-state index in [-0.39, 0.29) is 12.5 Å². The molecule has 5 rings (SSSR count). The molecule has 154 valence electrons. The summed E-state index contributed by atoms with van der Waals surface area (Å²) in [4.78, 5) is 39.6. The van der Waals surface area contributed by atoms with Gasteiger partial charge in [-0.05, 0) is 47.4 Å². The fraction of sp³-hybridized carbons (Fsp3) is 0.160. The van der Waals surface area contributed by atoms with E-state index in [1.165, 1.54) is 6.07 Å². The van der Waals surface area contributed by atoms with E-state index in [1.807, 2.05) is 61.5 Å². The van der Waals surface area contributed by atoms with Crippen LogP contribution in [0.2, 0.25) is 0 Å². The average molecular weight is 412 g/mol. The molecule has 1 aromatic heterocycles.